The van der Waals surface area contributed by atoms with Crippen LogP contribution in [0, 0.1) is 0 Å². The summed E-state index contributed by atoms with van der Waals surface area (Å²) >= 11 is 1.70. The number of thioether (sulfide) groups is 1. The number of alkyl carbamates (subject to hydrolysis) is 1. The van der Waals surface area contributed by atoms with Crippen molar-refractivity contribution in [1.29, 1.82) is 0 Å². The van der Waals surface area contributed by atoms with Crippen molar-refractivity contribution in [3.05, 3.63) is 167 Å². The maximum atomic E-state index is 13.4. The minimum absolute atomic E-state index is 0.0690. The van der Waals surface area contributed by atoms with Crippen LogP contribution in [0.15, 0.2) is 140 Å². The fraction of sp³-hybridized carbons (Fsp3) is 0.195. The van der Waals surface area contributed by atoms with Gasteiger partial charge in [0.25, 0.3) is 0 Å². The van der Waals surface area contributed by atoms with Gasteiger partial charge in [0.05, 0.1) is 4.75 Å². The average molecular weight is 671 g/mol. The van der Waals surface area contributed by atoms with E-state index in [1.807, 2.05) is 91.0 Å². The lowest BCUT2D eigenvalue weighted by molar-refractivity contribution is -0.137. The van der Waals surface area contributed by atoms with Gasteiger partial charge in [-0.25, -0.2) is 4.79 Å². The minimum atomic E-state index is -1.07. The van der Waals surface area contributed by atoms with E-state index in [4.69, 9.17) is 4.74 Å². The molecule has 0 heterocycles. The number of benzene rings is 5. The van der Waals surface area contributed by atoms with Gasteiger partial charge < -0.3 is 20.5 Å². The molecule has 0 aromatic heterocycles. The topological polar surface area (TPSA) is 105 Å². The predicted octanol–water partition coefficient (Wildman–Crippen LogP) is 7.60. The lowest BCUT2D eigenvalue weighted by Gasteiger charge is -2.35. The third-order valence-corrected chi connectivity index (χ3v) is 10.4. The van der Waals surface area contributed by atoms with Crippen LogP contribution in [0.2, 0.25) is 0 Å². The molecule has 1 aliphatic rings. The SMILES string of the molecule is O=C(O)CC[C@H](NC(=O)OCC1c2ccccc2-c2ccccc21)C(=O)NCCSC(c1ccccc1)(c1ccccc1)c1ccccc1. The molecule has 0 aliphatic heterocycles. The molecule has 2 amide bonds. The molecule has 7 nitrogen and oxygen atoms in total. The molecule has 1 aliphatic carbocycles. The van der Waals surface area contributed by atoms with E-state index in [0.717, 1.165) is 38.9 Å². The lowest BCUT2D eigenvalue weighted by atomic mass is 9.84. The van der Waals surface area contributed by atoms with Crippen molar-refractivity contribution < 1.29 is 24.2 Å². The fourth-order valence-corrected chi connectivity index (χ4v) is 8.01. The van der Waals surface area contributed by atoms with Crippen LogP contribution in [-0.4, -0.2) is 48.0 Å². The molecule has 0 radical (unpaired) electrons. The molecule has 0 unspecified atom stereocenters. The van der Waals surface area contributed by atoms with Gasteiger partial charge in [-0.2, -0.15) is 0 Å². The molecule has 3 N–H and O–H groups in total. The Hall–Kier alpha value is -5.34. The van der Waals surface area contributed by atoms with Gasteiger partial charge >= 0.3 is 12.1 Å². The summed E-state index contributed by atoms with van der Waals surface area (Å²) in [6.45, 7) is 0.387. The lowest BCUT2D eigenvalue weighted by Crippen LogP contribution is -2.48. The molecule has 5 aromatic carbocycles. The van der Waals surface area contributed by atoms with E-state index in [1.165, 1.54) is 0 Å². The number of carbonyl (C=O) groups excluding carboxylic acids is 2. The predicted molar refractivity (Wildman–Crippen MR) is 194 cm³/mol. The van der Waals surface area contributed by atoms with E-state index in [2.05, 4.69) is 59.2 Å². The van der Waals surface area contributed by atoms with Gasteiger partial charge in [0.2, 0.25) is 5.91 Å². The first-order chi connectivity index (χ1) is 24.0. The van der Waals surface area contributed by atoms with E-state index in [-0.39, 0.29) is 25.4 Å². The second-order valence-electron chi connectivity index (χ2n) is 11.9. The largest absolute Gasteiger partial charge is 0.481 e. The summed E-state index contributed by atoms with van der Waals surface area (Å²) in [6.07, 6.45) is -1.12. The number of hydrogen-bond acceptors (Lipinski definition) is 5. The van der Waals surface area contributed by atoms with Crippen LogP contribution < -0.4 is 10.6 Å². The van der Waals surface area contributed by atoms with Crippen molar-refractivity contribution in [3.63, 3.8) is 0 Å². The van der Waals surface area contributed by atoms with Gasteiger partial charge in [0, 0.05) is 24.6 Å². The first-order valence-corrected chi connectivity index (χ1v) is 17.4. The molecular weight excluding hydrogens is 633 g/mol. The summed E-state index contributed by atoms with van der Waals surface area (Å²) in [6, 6.07) is 45.9. The highest BCUT2D eigenvalue weighted by molar-refractivity contribution is 8.00. The van der Waals surface area contributed by atoms with Crippen molar-refractivity contribution in [2.75, 3.05) is 18.9 Å². The molecule has 0 fully saturated rings. The standard InChI is InChI=1S/C41H38N2O5S/c44-38(45)25-24-37(43-40(47)48-28-36-34-22-12-10-20-32(34)33-21-11-13-23-35(33)36)39(46)42-26-27-49-41(29-14-4-1-5-15-29,30-16-6-2-7-17-30)31-18-8-3-9-19-31/h1-23,36-37H,24-28H2,(H,42,46)(H,43,47)(H,44,45)/t37-/m0/s1. The second-order valence-corrected chi connectivity index (χ2v) is 13.2. The molecule has 49 heavy (non-hydrogen) atoms. The summed E-state index contributed by atoms with van der Waals surface area (Å²) in [5, 5.41) is 14.9. The molecule has 0 bridgehead atoms. The first-order valence-electron chi connectivity index (χ1n) is 16.4. The Morgan fingerprint density at radius 2 is 1.16 bits per heavy atom. The van der Waals surface area contributed by atoms with Gasteiger partial charge in [-0.3, -0.25) is 9.59 Å². The molecule has 6 rings (SSSR count). The van der Waals surface area contributed by atoms with Crippen LogP contribution >= 0.6 is 11.8 Å². The summed E-state index contributed by atoms with van der Waals surface area (Å²) in [4.78, 5) is 37.9. The Labute approximate surface area is 290 Å². The van der Waals surface area contributed by atoms with Crippen molar-refractivity contribution >= 4 is 29.7 Å². The van der Waals surface area contributed by atoms with Gasteiger partial charge in [0.1, 0.15) is 12.6 Å². The number of carboxylic acid groups (broad SMARTS) is 1. The van der Waals surface area contributed by atoms with Gasteiger partial charge in [-0.05, 0) is 45.4 Å². The quantitative estimate of drug-likeness (QED) is 0.0831. The minimum Gasteiger partial charge on any atom is -0.481 e. The third kappa shape index (κ3) is 7.55. The Balaban J connectivity index is 1.12. The molecule has 0 saturated heterocycles. The molecule has 5 aromatic rings. The number of carbonyl (C=O) groups is 3. The summed E-state index contributed by atoms with van der Waals surface area (Å²) < 4.78 is 5.12. The second kappa shape index (κ2) is 15.7. The van der Waals surface area contributed by atoms with E-state index >= 15 is 0 Å². The fourth-order valence-electron chi connectivity index (χ4n) is 6.59. The zero-order valence-electron chi connectivity index (χ0n) is 27.0. The number of ether oxygens (including phenoxy) is 1. The van der Waals surface area contributed by atoms with Gasteiger partial charge in [-0.15, -0.1) is 11.8 Å². The summed E-state index contributed by atoms with van der Waals surface area (Å²) in [5.41, 5.74) is 7.71. The van der Waals surface area contributed by atoms with Gasteiger partial charge in [-0.1, -0.05) is 140 Å². The number of rotatable bonds is 14. The molecule has 8 heteroatoms. The highest BCUT2D eigenvalue weighted by atomic mass is 32.2. The maximum absolute atomic E-state index is 13.4. The number of carboxylic acids is 1. The molecular formula is C41H38N2O5S. The van der Waals surface area contributed by atoms with Crippen LogP contribution in [0.25, 0.3) is 11.1 Å². The molecule has 0 saturated carbocycles. The normalized spacial score (nSPS) is 12.7. The molecule has 1 atom stereocenters. The zero-order chi connectivity index (χ0) is 34.1. The number of hydrogen-bond donors (Lipinski definition) is 3. The van der Waals surface area contributed by atoms with Crippen LogP contribution in [0.1, 0.15) is 46.6 Å². The Morgan fingerprint density at radius 1 is 0.694 bits per heavy atom. The van der Waals surface area contributed by atoms with Crippen LogP contribution in [0.3, 0.4) is 0 Å². The number of fused-ring (bicyclic) bond motifs is 3. The Bertz CT molecular complexity index is 1740. The van der Waals surface area contributed by atoms with E-state index < -0.39 is 28.8 Å². The smallest absolute Gasteiger partial charge is 0.407 e. The first kappa shape index (κ1) is 33.6. The molecule has 248 valence electrons. The van der Waals surface area contributed by atoms with Crippen molar-refractivity contribution in [3.8, 4) is 11.1 Å². The Kier molecular flexibility index (Phi) is 10.8. The van der Waals surface area contributed by atoms with Gasteiger partial charge in [0.15, 0.2) is 0 Å². The summed E-state index contributed by atoms with van der Waals surface area (Å²) in [5.74, 6) is -1.11. The zero-order valence-corrected chi connectivity index (χ0v) is 27.8. The van der Waals surface area contributed by atoms with Crippen LogP contribution in [0.5, 0.6) is 0 Å². The number of amides is 2. The monoisotopic (exact) mass is 670 g/mol. The van der Waals surface area contributed by atoms with Crippen molar-refractivity contribution in [1.82, 2.24) is 10.6 Å². The van der Waals surface area contributed by atoms with Crippen LogP contribution in [-0.2, 0) is 19.1 Å². The summed E-state index contributed by atoms with van der Waals surface area (Å²) in [7, 11) is 0. The Morgan fingerprint density at radius 3 is 1.65 bits per heavy atom. The number of nitrogens with one attached hydrogen (secondary N) is 2. The number of aliphatic carboxylic acids is 1. The maximum Gasteiger partial charge on any atom is 0.407 e. The van der Waals surface area contributed by atoms with Crippen molar-refractivity contribution in [2.24, 2.45) is 0 Å². The van der Waals surface area contributed by atoms with Crippen LogP contribution in [0.4, 0.5) is 4.79 Å². The highest BCUT2D eigenvalue weighted by Crippen LogP contribution is 2.48. The third-order valence-electron chi connectivity index (χ3n) is 8.86. The van der Waals surface area contributed by atoms with Crippen molar-refractivity contribution in [2.45, 2.75) is 29.5 Å². The van der Waals surface area contributed by atoms with E-state index in [1.54, 1.807) is 11.8 Å². The molecule has 0 spiro atoms. The highest BCUT2D eigenvalue weighted by Gasteiger charge is 2.37. The van der Waals surface area contributed by atoms with E-state index in [0.29, 0.717) is 12.3 Å². The van der Waals surface area contributed by atoms with E-state index in [9.17, 15) is 19.5 Å². The average Bonchev–Trinajstić information content (AvgIpc) is 3.47.